The van der Waals surface area contributed by atoms with E-state index in [9.17, 15) is 4.79 Å². The molecule has 1 aromatic rings. The van der Waals surface area contributed by atoms with Crippen molar-refractivity contribution in [2.75, 3.05) is 51.0 Å². The SMILES string of the molecule is CN(C)CCCNc1cc(N(C)CC(=O)O)ncn1. The predicted molar refractivity (Wildman–Crippen MR) is 74.6 cm³/mol. The molecule has 0 unspecified atom stereocenters. The molecule has 1 aromatic heterocycles. The van der Waals surface area contributed by atoms with Crippen molar-refractivity contribution < 1.29 is 9.90 Å². The molecule has 19 heavy (non-hydrogen) atoms. The molecule has 0 aromatic carbocycles. The summed E-state index contributed by atoms with van der Waals surface area (Å²) in [6, 6.07) is 1.75. The van der Waals surface area contributed by atoms with Gasteiger partial charge in [-0.1, -0.05) is 0 Å². The number of nitrogens with one attached hydrogen (secondary N) is 1. The highest BCUT2D eigenvalue weighted by Crippen LogP contribution is 2.12. The smallest absolute Gasteiger partial charge is 0.323 e. The third-order valence-corrected chi connectivity index (χ3v) is 2.50. The van der Waals surface area contributed by atoms with Crippen LogP contribution in [-0.4, -0.2) is 66.7 Å². The lowest BCUT2D eigenvalue weighted by Gasteiger charge is -2.16. The number of nitrogens with zero attached hydrogens (tertiary/aromatic N) is 4. The van der Waals surface area contributed by atoms with Crippen molar-refractivity contribution in [3.05, 3.63) is 12.4 Å². The molecule has 0 saturated carbocycles. The lowest BCUT2D eigenvalue weighted by atomic mass is 10.4. The summed E-state index contributed by atoms with van der Waals surface area (Å²) in [6.07, 6.45) is 2.44. The first kappa shape index (κ1) is 15.2. The molecular weight excluding hydrogens is 246 g/mol. The van der Waals surface area contributed by atoms with Crippen LogP contribution in [0.4, 0.5) is 11.6 Å². The van der Waals surface area contributed by atoms with Gasteiger partial charge in [0.15, 0.2) is 0 Å². The van der Waals surface area contributed by atoms with Crippen LogP contribution in [0, 0.1) is 0 Å². The van der Waals surface area contributed by atoms with Crippen LogP contribution in [0.3, 0.4) is 0 Å². The van der Waals surface area contributed by atoms with Gasteiger partial charge in [0.1, 0.15) is 24.5 Å². The van der Waals surface area contributed by atoms with E-state index in [1.54, 1.807) is 18.0 Å². The molecule has 0 amide bonds. The summed E-state index contributed by atoms with van der Waals surface area (Å²) in [4.78, 5) is 22.5. The highest BCUT2D eigenvalue weighted by atomic mass is 16.4. The number of carbonyl (C=O) groups is 1. The maximum atomic E-state index is 10.6. The number of rotatable bonds is 8. The molecule has 1 rings (SSSR count). The summed E-state index contributed by atoms with van der Waals surface area (Å²) in [5, 5.41) is 11.9. The fourth-order valence-corrected chi connectivity index (χ4v) is 1.55. The summed E-state index contributed by atoms with van der Waals surface area (Å²) in [7, 11) is 5.75. The van der Waals surface area contributed by atoms with E-state index in [0.717, 1.165) is 19.5 Å². The quantitative estimate of drug-likeness (QED) is 0.658. The summed E-state index contributed by atoms with van der Waals surface area (Å²) in [5.41, 5.74) is 0. The number of carboxylic acids is 1. The van der Waals surface area contributed by atoms with Gasteiger partial charge in [0.2, 0.25) is 0 Å². The van der Waals surface area contributed by atoms with Crippen molar-refractivity contribution in [1.29, 1.82) is 0 Å². The molecule has 0 atom stereocenters. The molecule has 106 valence electrons. The van der Waals surface area contributed by atoms with E-state index >= 15 is 0 Å². The molecule has 0 spiro atoms. The zero-order valence-electron chi connectivity index (χ0n) is 11.6. The third kappa shape index (κ3) is 6.01. The van der Waals surface area contributed by atoms with Gasteiger partial charge in [-0.05, 0) is 27.1 Å². The van der Waals surface area contributed by atoms with Crippen LogP contribution in [0.25, 0.3) is 0 Å². The van der Waals surface area contributed by atoms with Crippen molar-refractivity contribution in [2.45, 2.75) is 6.42 Å². The first-order valence-corrected chi connectivity index (χ1v) is 6.12. The molecule has 0 fully saturated rings. The molecule has 7 nitrogen and oxygen atoms in total. The minimum Gasteiger partial charge on any atom is -0.480 e. The molecule has 0 aliphatic heterocycles. The standard InChI is InChI=1S/C12H21N5O2/c1-16(2)6-4-5-13-10-7-11(15-9-14-10)17(3)8-12(18)19/h7,9H,4-6,8H2,1-3H3,(H,18,19)(H,13,14,15). The number of carboxylic acid groups (broad SMARTS) is 1. The van der Waals surface area contributed by atoms with Crippen LogP contribution in [0.5, 0.6) is 0 Å². The summed E-state index contributed by atoms with van der Waals surface area (Å²) < 4.78 is 0. The average Bonchev–Trinajstić information content (AvgIpc) is 2.34. The van der Waals surface area contributed by atoms with Crippen LogP contribution in [0.15, 0.2) is 12.4 Å². The molecule has 1 heterocycles. The number of hydrogen-bond donors (Lipinski definition) is 2. The van der Waals surface area contributed by atoms with Crippen LogP contribution < -0.4 is 10.2 Å². The lowest BCUT2D eigenvalue weighted by molar-refractivity contribution is -0.135. The average molecular weight is 267 g/mol. The topological polar surface area (TPSA) is 81.6 Å². The van der Waals surface area contributed by atoms with E-state index in [4.69, 9.17) is 5.11 Å². The molecule has 2 N–H and O–H groups in total. The molecule has 0 bridgehead atoms. The van der Waals surface area contributed by atoms with Crippen molar-refractivity contribution in [3.8, 4) is 0 Å². The predicted octanol–water partition coefficient (Wildman–Crippen LogP) is 0.361. The minimum absolute atomic E-state index is 0.0862. The Labute approximate surface area is 113 Å². The number of aromatic nitrogens is 2. The van der Waals surface area contributed by atoms with Gasteiger partial charge in [-0.25, -0.2) is 9.97 Å². The van der Waals surface area contributed by atoms with Gasteiger partial charge in [-0.3, -0.25) is 4.79 Å². The first-order valence-electron chi connectivity index (χ1n) is 6.12. The molecule has 7 heteroatoms. The van der Waals surface area contributed by atoms with Crippen LogP contribution in [-0.2, 0) is 4.79 Å². The molecule has 0 saturated heterocycles. The van der Waals surface area contributed by atoms with E-state index in [-0.39, 0.29) is 6.54 Å². The second-order valence-corrected chi connectivity index (χ2v) is 4.59. The second kappa shape index (κ2) is 7.52. The highest BCUT2D eigenvalue weighted by Gasteiger charge is 2.07. The number of anilines is 2. The Bertz CT molecular complexity index is 411. The van der Waals surface area contributed by atoms with E-state index in [1.807, 2.05) is 14.1 Å². The van der Waals surface area contributed by atoms with Gasteiger partial charge in [0, 0.05) is 19.7 Å². The summed E-state index contributed by atoms with van der Waals surface area (Å²) >= 11 is 0. The van der Waals surface area contributed by atoms with Gasteiger partial charge in [0.05, 0.1) is 0 Å². The first-order chi connectivity index (χ1) is 8.99. The monoisotopic (exact) mass is 267 g/mol. The van der Waals surface area contributed by atoms with Crippen molar-refractivity contribution >= 4 is 17.6 Å². The van der Waals surface area contributed by atoms with E-state index < -0.39 is 5.97 Å². The van der Waals surface area contributed by atoms with Gasteiger partial charge in [-0.15, -0.1) is 0 Å². The highest BCUT2D eigenvalue weighted by molar-refractivity contribution is 5.73. The third-order valence-electron chi connectivity index (χ3n) is 2.50. The van der Waals surface area contributed by atoms with Gasteiger partial charge in [-0.2, -0.15) is 0 Å². The summed E-state index contributed by atoms with van der Waals surface area (Å²) in [6.45, 7) is 1.73. The Kier molecular flexibility index (Phi) is 6.01. The van der Waals surface area contributed by atoms with E-state index in [1.165, 1.54) is 6.33 Å². The summed E-state index contributed by atoms with van der Waals surface area (Å²) in [5.74, 6) is 0.412. The van der Waals surface area contributed by atoms with Crippen molar-refractivity contribution in [2.24, 2.45) is 0 Å². The van der Waals surface area contributed by atoms with E-state index in [0.29, 0.717) is 11.6 Å². The number of hydrogen-bond acceptors (Lipinski definition) is 6. The molecule has 0 aliphatic carbocycles. The maximum Gasteiger partial charge on any atom is 0.323 e. The Morgan fingerprint density at radius 2 is 2.11 bits per heavy atom. The Balaban J connectivity index is 2.49. The normalized spacial score (nSPS) is 10.5. The van der Waals surface area contributed by atoms with Crippen LogP contribution in [0.2, 0.25) is 0 Å². The zero-order chi connectivity index (χ0) is 14.3. The minimum atomic E-state index is -0.887. The number of likely N-dealkylation sites (N-methyl/N-ethyl adjacent to an activating group) is 1. The second-order valence-electron chi connectivity index (χ2n) is 4.59. The zero-order valence-corrected chi connectivity index (χ0v) is 11.6. The largest absolute Gasteiger partial charge is 0.480 e. The van der Waals surface area contributed by atoms with Crippen molar-refractivity contribution in [3.63, 3.8) is 0 Å². The fraction of sp³-hybridized carbons (Fsp3) is 0.583. The molecule has 0 radical (unpaired) electrons. The Hall–Kier alpha value is -1.89. The lowest BCUT2D eigenvalue weighted by Crippen LogP contribution is -2.26. The van der Waals surface area contributed by atoms with Crippen LogP contribution >= 0.6 is 0 Å². The molecular formula is C12H21N5O2. The van der Waals surface area contributed by atoms with Gasteiger partial charge in [0.25, 0.3) is 0 Å². The van der Waals surface area contributed by atoms with Crippen LogP contribution in [0.1, 0.15) is 6.42 Å². The van der Waals surface area contributed by atoms with E-state index in [2.05, 4.69) is 20.2 Å². The van der Waals surface area contributed by atoms with Gasteiger partial charge >= 0.3 is 5.97 Å². The number of aliphatic carboxylic acids is 1. The van der Waals surface area contributed by atoms with Gasteiger partial charge < -0.3 is 20.2 Å². The Morgan fingerprint density at radius 1 is 1.37 bits per heavy atom. The van der Waals surface area contributed by atoms with Crippen molar-refractivity contribution in [1.82, 2.24) is 14.9 Å². The Morgan fingerprint density at radius 3 is 2.74 bits per heavy atom. The molecule has 0 aliphatic rings. The fourth-order valence-electron chi connectivity index (χ4n) is 1.55. The maximum absolute atomic E-state index is 10.6.